The Hall–Kier alpha value is -3.42. The van der Waals surface area contributed by atoms with Gasteiger partial charge in [-0.05, 0) is 55.2 Å². The summed E-state index contributed by atoms with van der Waals surface area (Å²) in [7, 11) is 3.35. The molecule has 1 atom stereocenters. The largest absolute Gasteiger partial charge is 0.358 e. The quantitative estimate of drug-likeness (QED) is 0.779. The maximum absolute atomic E-state index is 13.4. The number of amides is 3. The van der Waals surface area contributed by atoms with Gasteiger partial charge in [-0.25, -0.2) is 4.39 Å². The number of nitrogens with one attached hydrogen (secondary N) is 1. The van der Waals surface area contributed by atoms with Gasteiger partial charge in [0.1, 0.15) is 18.4 Å². The van der Waals surface area contributed by atoms with Crippen LogP contribution in [0.1, 0.15) is 35.2 Å². The summed E-state index contributed by atoms with van der Waals surface area (Å²) < 4.78 is 13.1. The molecular weight excluding hydrogens is 411 g/mol. The van der Waals surface area contributed by atoms with Gasteiger partial charge in [-0.15, -0.1) is 0 Å². The summed E-state index contributed by atoms with van der Waals surface area (Å²) >= 11 is 0. The fourth-order valence-electron chi connectivity index (χ4n) is 4.31. The van der Waals surface area contributed by atoms with Gasteiger partial charge in [-0.2, -0.15) is 0 Å². The molecule has 1 fully saturated rings. The molecule has 0 aromatic heterocycles. The summed E-state index contributed by atoms with van der Waals surface area (Å²) in [6.07, 6.45) is 2.70. The van der Waals surface area contributed by atoms with Gasteiger partial charge in [0, 0.05) is 32.7 Å². The Kier molecular flexibility index (Phi) is 6.12. The Bertz CT molecular complexity index is 1040. The maximum Gasteiger partial charge on any atom is 0.253 e. The standard InChI is InChI=1S/C24H27FN4O3/c1-27(2)23(31)17-8-11-19-21(13-17)29(24(32)20-5-3-4-12-28(19)20)15-22(30)26-14-16-6-9-18(25)10-7-16/h6-11,13,20H,3-5,12,14-15H2,1-2H3,(H,26,30)/t20-/m1/s1. The van der Waals surface area contributed by atoms with Gasteiger partial charge in [-0.3, -0.25) is 19.3 Å². The number of fused-ring (bicyclic) bond motifs is 3. The van der Waals surface area contributed by atoms with Gasteiger partial charge in [0.2, 0.25) is 11.8 Å². The van der Waals surface area contributed by atoms with Crippen molar-refractivity contribution in [2.24, 2.45) is 0 Å². The molecule has 2 aromatic rings. The molecule has 32 heavy (non-hydrogen) atoms. The first-order valence-corrected chi connectivity index (χ1v) is 10.8. The van der Waals surface area contributed by atoms with E-state index in [-0.39, 0.29) is 42.7 Å². The van der Waals surface area contributed by atoms with Crippen LogP contribution < -0.4 is 15.1 Å². The molecule has 7 nitrogen and oxygen atoms in total. The molecule has 2 aliphatic heterocycles. The molecule has 2 heterocycles. The molecule has 8 heteroatoms. The molecule has 1 N–H and O–H groups in total. The molecule has 168 valence electrons. The number of hydrogen-bond donors (Lipinski definition) is 1. The highest BCUT2D eigenvalue weighted by atomic mass is 19.1. The highest BCUT2D eigenvalue weighted by molar-refractivity contribution is 6.09. The molecule has 0 aliphatic carbocycles. The summed E-state index contributed by atoms with van der Waals surface area (Å²) in [5, 5.41) is 2.80. The Morgan fingerprint density at radius 1 is 1.09 bits per heavy atom. The lowest BCUT2D eigenvalue weighted by Gasteiger charge is -2.45. The van der Waals surface area contributed by atoms with Crippen LogP contribution in [0.25, 0.3) is 0 Å². The normalized spacial score (nSPS) is 17.5. The molecule has 0 saturated carbocycles. The molecule has 2 aliphatic rings. The van der Waals surface area contributed by atoms with Crippen molar-refractivity contribution >= 4 is 29.1 Å². The highest BCUT2D eigenvalue weighted by Crippen LogP contribution is 2.40. The first-order valence-electron chi connectivity index (χ1n) is 10.8. The van der Waals surface area contributed by atoms with Gasteiger partial charge in [0.05, 0.1) is 11.4 Å². The highest BCUT2D eigenvalue weighted by Gasteiger charge is 2.40. The molecule has 4 rings (SSSR count). The molecule has 0 spiro atoms. The number of benzene rings is 2. The number of carbonyl (C=O) groups excluding carboxylic acids is 3. The second-order valence-electron chi connectivity index (χ2n) is 8.44. The van der Waals surface area contributed by atoms with Crippen molar-refractivity contribution in [1.29, 1.82) is 0 Å². The Labute approximate surface area is 186 Å². The molecule has 3 amide bonds. The van der Waals surface area contributed by atoms with Crippen LogP contribution in [0, 0.1) is 5.82 Å². The van der Waals surface area contributed by atoms with Crippen molar-refractivity contribution in [3.8, 4) is 0 Å². The van der Waals surface area contributed by atoms with E-state index in [1.807, 2.05) is 6.07 Å². The summed E-state index contributed by atoms with van der Waals surface area (Å²) in [6.45, 7) is 0.870. The van der Waals surface area contributed by atoms with E-state index in [9.17, 15) is 18.8 Å². The van der Waals surface area contributed by atoms with E-state index in [0.29, 0.717) is 11.3 Å². The van der Waals surface area contributed by atoms with Crippen LogP contribution in [0.15, 0.2) is 42.5 Å². The summed E-state index contributed by atoms with van der Waals surface area (Å²) in [6, 6.07) is 11.0. The first kappa shape index (κ1) is 21.8. The fraction of sp³-hybridized carbons (Fsp3) is 0.375. The van der Waals surface area contributed by atoms with E-state index < -0.39 is 0 Å². The molecule has 0 unspecified atom stereocenters. The zero-order chi connectivity index (χ0) is 22.8. The van der Waals surface area contributed by atoms with Gasteiger partial charge in [-0.1, -0.05) is 12.1 Å². The fourth-order valence-corrected chi connectivity index (χ4v) is 4.31. The number of nitrogens with zero attached hydrogens (tertiary/aromatic N) is 3. The van der Waals surface area contributed by atoms with E-state index in [1.165, 1.54) is 21.9 Å². The topological polar surface area (TPSA) is 73.0 Å². The Morgan fingerprint density at radius 3 is 2.56 bits per heavy atom. The summed E-state index contributed by atoms with van der Waals surface area (Å²) in [5.74, 6) is -0.941. The lowest BCUT2D eigenvalue weighted by atomic mass is 9.95. The van der Waals surface area contributed by atoms with Crippen molar-refractivity contribution in [2.45, 2.75) is 31.8 Å². The lowest BCUT2D eigenvalue weighted by Crippen LogP contribution is -2.57. The minimum Gasteiger partial charge on any atom is -0.358 e. The van der Waals surface area contributed by atoms with Crippen LogP contribution in [0.2, 0.25) is 0 Å². The van der Waals surface area contributed by atoms with E-state index in [2.05, 4.69) is 10.2 Å². The van der Waals surface area contributed by atoms with Gasteiger partial charge < -0.3 is 15.1 Å². The van der Waals surface area contributed by atoms with Crippen LogP contribution in [0.4, 0.5) is 15.8 Å². The minimum atomic E-state index is -0.337. The zero-order valence-electron chi connectivity index (χ0n) is 18.3. The average molecular weight is 439 g/mol. The van der Waals surface area contributed by atoms with Crippen molar-refractivity contribution in [1.82, 2.24) is 10.2 Å². The number of hydrogen-bond acceptors (Lipinski definition) is 4. The van der Waals surface area contributed by atoms with Crippen molar-refractivity contribution in [3.63, 3.8) is 0 Å². The Morgan fingerprint density at radius 2 is 1.84 bits per heavy atom. The third-order valence-corrected chi connectivity index (χ3v) is 5.99. The average Bonchev–Trinajstić information content (AvgIpc) is 2.80. The molecule has 2 aromatic carbocycles. The second-order valence-corrected chi connectivity index (χ2v) is 8.44. The van der Waals surface area contributed by atoms with E-state index in [0.717, 1.165) is 37.1 Å². The van der Waals surface area contributed by atoms with Gasteiger partial charge >= 0.3 is 0 Å². The number of halogens is 1. The zero-order valence-corrected chi connectivity index (χ0v) is 18.3. The number of anilines is 2. The predicted octanol–water partition coefficient (Wildman–Crippen LogP) is 2.55. The first-order chi connectivity index (χ1) is 15.3. The van der Waals surface area contributed by atoms with E-state index >= 15 is 0 Å². The molecule has 1 saturated heterocycles. The van der Waals surface area contributed by atoms with Crippen LogP contribution in [0.5, 0.6) is 0 Å². The van der Waals surface area contributed by atoms with Crippen molar-refractivity contribution in [2.75, 3.05) is 37.0 Å². The SMILES string of the molecule is CN(C)C(=O)c1ccc2c(c1)N(CC(=O)NCc1ccc(F)cc1)C(=O)[C@H]1CCCCN21. The van der Waals surface area contributed by atoms with Gasteiger partial charge in [0.25, 0.3) is 5.91 Å². The van der Waals surface area contributed by atoms with Crippen LogP contribution in [-0.2, 0) is 16.1 Å². The van der Waals surface area contributed by atoms with E-state index in [4.69, 9.17) is 0 Å². The maximum atomic E-state index is 13.4. The minimum absolute atomic E-state index is 0.122. The van der Waals surface area contributed by atoms with Gasteiger partial charge in [0.15, 0.2) is 0 Å². The lowest BCUT2D eigenvalue weighted by molar-refractivity contribution is -0.125. The number of rotatable bonds is 5. The number of carbonyl (C=O) groups is 3. The number of piperidine rings is 1. The van der Waals surface area contributed by atoms with Crippen LogP contribution in [-0.4, -0.2) is 55.8 Å². The van der Waals surface area contributed by atoms with Crippen LogP contribution >= 0.6 is 0 Å². The molecular formula is C24H27FN4O3. The predicted molar refractivity (Wildman–Crippen MR) is 120 cm³/mol. The Balaban J connectivity index is 1.59. The molecule has 0 bridgehead atoms. The smallest absolute Gasteiger partial charge is 0.253 e. The summed E-state index contributed by atoms with van der Waals surface area (Å²) in [5.41, 5.74) is 2.69. The second kappa shape index (κ2) is 8.98. The third kappa shape index (κ3) is 4.30. The van der Waals surface area contributed by atoms with Crippen molar-refractivity contribution < 1.29 is 18.8 Å². The third-order valence-electron chi connectivity index (χ3n) is 5.99. The monoisotopic (exact) mass is 438 g/mol. The molecule has 0 radical (unpaired) electrons. The summed E-state index contributed by atoms with van der Waals surface area (Å²) in [4.78, 5) is 43.7. The van der Waals surface area contributed by atoms with Crippen molar-refractivity contribution in [3.05, 3.63) is 59.4 Å². The van der Waals surface area contributed by atoms with E-state index in [1.54, 1.807) is 38.4 Å². The van der Waals surface area contributed by atoms with Crippen LogP contribution in [0.3, 0.4) is 0 Å².